The second-order valence-corrected chi connectivity index (χ2v) is 8.51. The Hall–Kier alpha value is -1.44. The van der Waals surface area contributed by atoms with E-state index in [1.165, 1.54) is 30.8 Å². The number of thioether (sulfide) groups is 2. The molecule has 1 N–H and O–H groups in total. The van der Waals surface area contributed by atoms with Crippen LogP contribution < -0.4 is 5.32 Å². The first kappa shape index (κ1) is 20.3. The van der Waals surface area contributed by atoms with E-state index in [9.17, 15) is 4.79 Å². The summed E-state index contributed by atoms with van der Waals surface area (Å²) in [4.78, 5) is 20.2. The van der Waals surface area contributed by atoms with Crippen LogP contribution in [-0.4, -0.2) is 54.0 Å². The summed E-state index contributed by atoms with van der Waals surface area (Å²) in [6.07, 6.45) is 4.62. The molecule has 0 radical (unpaired) electrons. The zero-order valence-corrected chi connectivity index (χ0v) is 17.6. The first-order valence-corrected chi connectivity index (χ1v) is 11.7. The third-order valence-electron chi connectivity index (χ3n) is 4.65. The van der Waals surface area contributed by atoms with Gasteiger partial charge >= 0.3 is 0 Å². The van der Waals surface area contributed by atoms with Crippen LogP contribution in [0, 0.1) is 6.92 Å². The quantitative estimate of drug-likeness (QED) is 0.640. The van der Waals surface area contributed by atoms with Crippen LogP contribution in [0.15, 0.2) is 33.6 Å². The molecule has 1 aliphatic rings. The van der Waals surface area contributed by atoms with Gasteiger partial charge in [0.1, 0.15) is 5.76 Å². The summed E-state index contributed by atoms with van der Waals surface area (Å²) < 4.78 is 5.82. The van der Waals surface area contributed by atoms with Gasteiger partial charge in [0, 0.05) is 29.3 Å². The highest BCUT2D eigenvalue weighted by Crippen LogP contribution is 2.26. The summed E-state index contributed by atoms with van der Waals surface area (Å²) >= 11 is 3.29. The van der Waals surface area contributed by atoms with Crippen LogP contribution in [0.25, 0.3) is 11.5 Å². The second-order valence-electron chi connectivity index (χ2n) is 6.64. The Kier molecular flexibility index (Phi) is 7.67. The Labute approximate surface area is 169 Å². The lowest BCUT2D eigenvalue weighted by Crippen LogP contribution is -2.34. The topological polar surface area (TPSA) is 58.4 Å². The van der Waals surface area contributed by atoms with Crippen molar-refractivity contribution in [3.63, 3.8) is 0 Å². The first-order valence-electron chi connectivity index (χ1n) is 9.33. The molecule has 1 saturated heterocycles. The molecule has 1 aliphatic heterocycles. The van der Waals surface area contributed by atoms with Gasteiger partial charge in [-0.2, -0.15) is 0 Å². The summed E-state index contributed by atoms with van der Waals surface area (Å²) in [5.41, 5.74) is 1.89. The number of carbonyl (C=O) groups excluding carboxylic acids is 1. The molecule has 2 aromatic rings. The number of likely N-dealkylation sites (tertiary alicyclic amines) is 1. The Balaban J connectivity index is 1.42. The zero-order chi connectivity index (χ0) is 19.1. The molecule has 0 bridgehead atoms. The van der Waals surface area contributed by atoms with Crippen molar-refractivity contribution in [1.29, 1.82) is 0 Å². The van der Waals surface area contributed by atoms with Gasteiger partial charge in [0.15, 0.2) is 0 Å². The predicted octanol–water partition coefficient (Wildman–Crippen LogP) is 3.82. The lowest BCUT2D eigenvalue weighted by molar-refractivity contribution is -0.118. The molecule has 2 heterocycles. The average Bonchev–Trinajstić information content (AvgIpc) is 3.32. The SMILES string of the molecule is CSc1ccc(-c2nc(CSCC(=O)NCCN3CCCC3)c(C)o2)cc1. The highest BCUT2D eigenvalue weighted by Gasteiger charge is 2.13. The van der Waals surface area contributed by atoms with E-state index in [0.717, 1.165) is 30.1 Å². The maximum atomic E-state index is 12.0. The standard InChI is InChI=1S/C20H27N3O2S2/c1-15-18(22-20(25-15)16-5-7-17(26-2)8-6-16)13-27-14-19(24)21-9-12-23-10-3-4-11-23/h5-8H,3-4,9-14H2,1-2H3,(H,21,24). The summed E-state index contributed by atoms with van der Waals surface area (Å²) in [6.45, 7) is 5.95. The highest BCUT2D eigenvalue weighted by atomic mass is 32.2. The minimum Gasteiger partial charge on any atom is -0.441 e. The average molecular weight is 406 g/mol. The van der Waals surface area contributed by atoms with E-state index in [2.05, 4.69) is 33.6 Å². The van der Waals surface area contributed by atoms with Crippen molar-refractivity contribution < 1.29 is 9.21 Å². The van der Waals surface area contributed by atoms with Crippen molar-refractivity contribution >= 4 is 29.4 Å². The zero-order valence-electron chi connectivity index (χ0n) is 16.0. The van der Waals surface area contributed by atoms with Crippen molar-refractivity contribution in [1.82, 2.24) is 15.2 Å². The maximum Gasteiger partial charge on any atom is 0.230 e. The molecule has 0 atom stereocenters. The van der Waals surface area contributed by atoms with Crippen LogP contribution in [0.1, 0.15) is 24.3 Å². The third kappa shape index (κ3) is 6.02. The van der Waals surface area contributed by atoms with Crippen LogP contribution in [0.2, 0.25) is 0 Å². The molecule has 3 rings (SSSR count). The number of benzene rings is 1. The van der Waals surface area contributed by atoms with E-state index in [1.807, 2.05) is 19.1 Å². The lowest BCUT2D eigenvalue weighted by atomic mass is 10.2. The summed E-state index contributed by atoms with van der Waals surface area (Å²) in [6, 6.07) is 8.20. The van der Waals surface area contributed by atoms with Crippen LogP contribution in [0.3, 0.4) is 0 Å². The molecule has 1 fully saturated rings. The number of amides is 1. The molecule has 0 unspecified atom stereocenters. The van der Waals surface area contributed by atoms with E-state index in [0.29, 0.717) is 17.4 Å². The lowest BCUT2D eigenvalue weighted by Gasteiger charge is -2.14. The fourth-order valence-electron chi connectivity index (χ4n) is 3.07. The minimum absolute atomic E-state index is 0.0909. The smallest absolute Gasteiger partial charge is 0.230 e. The van der Waals surface area contributed by atoms with E-state index >= 15 is 0 Å². The number of nitrogens with one attached hydrogen (secondary N) is 1. The molecule has 0 aliphatic carbocycles. The van der Waals surface area contributed by atoms with Gasteiger partial charge in [-0.3, -0.25) is 4.79 Å². The monoisotopic (exact) mass is 405 g/mol. The van der Waals surface area contributed by atoms with E-state index in [-0.39, 0.29) is 5.91 Å². The van der Waals surface area contributed by atoms with Crippen molar-refractivity contribution in [2.75, 3.05) is 38.2 Å². The van der Waals surface area contributed by atoms with Gasteiger partial charge in [-0.15, -0.1) is 23.5 Å². The van der Waals surface area contributed by atoms with Crippen molar-refractivity contribution in [3.8, 4) is 11.5 Å². The largest absolute Gasteiger partial charge is 0.441 e. The molecule has 0 spiro atoms. The van der Waals surface area contributed by atoms with Gasteiger partial charge in [-0.1, -0.05) is 0 Å². The summed E-state index contributed by atoms with van der Waals surface area (Å²) in [5, 5.41) is 3.01. The van der Waals surface area contributed by atoms with Gasteiger partial charge in [0.2, 0.25) is 11.8 Å². The number of rotatable bonds is 9. The minimum atomic E-state index is 0.0909. The van der Waals surface area contributed by atoms with Gasteiger partial charge < -0.3 is 14.6 Å². The summed E-state index contributed by atoms with van der Waals surface area (Å²) in [7, 11) is 0. The van der Waals surface area contributed by atoms with Gasteiger partial charge in [0.05, 0.1) is 11.4 Å². The normalized spacial score (nSPS) is 14.6. The maximum absolute atomic E-state index is 12.0. The number of carbonyl (C=O) groups is 1. The molecule has 1 aromatic heterocycles. The molecule has 27 heavy (non-hydrogen) atoms. The van der Waals surface area contributed by atoms with E-state index in [1.54, 1.807) is 23.5 Å². The van der Waals surface area contributed by atoms with E-state index in [4.69, 9.17) is 4.42 Å². The number of nitrogens with zero attached hydrogens (tertiary/aromatic N) is 2. The molecule has 5 nitrogen and oxygen atoms in total. The second kappa shape index (κ2) is 10.2. The van der Waals surface area contributed by atoms with Crippen molar-refractivity contribution in [2.45, 2.75) is 30.4 Å². The van der Waals surface area contributed by atoms with Crippen LogP contribution in [-0.2, 0) is 10.5 Å². The number of hydrogen-bond donors (Lipinski definition) is 1. The predicted molar refractivity (Wildman–Crippen MR) is 113 cm³/mol. The van der Waals surface area contributed by atoms with Gasteiger partial charge in [-0.25, -0.2) is 4.98 Å². The van der Waals surface area contributed by atoms with Gasteiger partial charge in [0.25, 0.3) is 0 Å². The third-order valence-corrected chi connectivity index (χ3v) is 6.34. The number of aryl methyl sites for hydroxylation is 1. The fraction of sp³-hybridized carbons (Fsp3) is 0.500. The Bertz CT molecular complexity index is 740. The van der Waals surface area contributed by atoms with Crippen LogP contribution >= 0.6 is 23.5 Å². The van der Waals surface area contributed by atoms with Crippen molar-refractivity contribution in [3.05, 3.63) is 35.7 Å². The Morgan fingerprint density at radius 2 is 2.00 bits per heavy atom. The highest BCUT2D eigenvalue weighted by molar-refractivity contribution is 7.99. The first-order chi connectivity index (χ1) is 13.2. The summed E-state index contributed by atoms with van der Waals surface area (Å²) in [5.74, 6) is 2.68. The van der Waals surface area contributed by atoms with E-state index < -0.39 is 0 Å². The molecular formula is C20H27N3O2S2. The van der Waals surface area contributed by atoms with Crippen LogP contribution in [0.5, 0.6) is 0 Å². The molecular weight excluding hydrogens is 378 g/mol. The molecule has 7 heteroatoms. The van der Waals surface area contributed by atoms with Crippen molar-refractivity contribution in [2.24, 2.45) is 0 Å². The Morgan fingerprint density at radius 1 is 1.26 bits per heavy atom. The van der Waals surface area contributed by atoms with Gasteiger partial charge in [-0.05, 0) is 63.4 Å². The fourth-order valence-corrected chi connectivity index (χ4v) is 4.33. The number of hydrogen-bond acceptors (Lipinski definition) is 6. The Morgan fingerprint density at radius 3 is 2.70 bits per heavy atom. The molecule has 0 saturated carbocycles. The molecule has 146 valence electrons. The van der Waals surface area contributed by atoms with Crippen LogP contribution in [0.4, 0.5) is 0 Å². The number of aromatic nitrogens is 1. The number of oxazole rings is 1. The molecule has 1 aromatic carbocycles. The molecule has 1 amide bonds.